The molecule has 2 aromatic rings. The number of hydrogen-bond acceptors (Lipinski definition) is 6. The lowest BCUT2D eigenvalue weighted by atomic mass is 10.0. The Balaban J connectivity index is 2.59. The van der Waals surface area contributed by atoms with Gasteiger partial charge in [0.1, 0.15) is 5.57 Å². The first kappa shape index (κ1) is 21.5. The number of carbonyl (C=O) groups excluding carboxylic acids is 2. The third-order valence-electron chi connectivity index (χ3n) is 3.60. The summed E-state index contributed by atoms with van der Waals surface area (Å²) in [5.41, 5.74) is 0.0173. The first-order valence-electron chi connectivity index (χ1n) is 8.58. The van der Waals surface area contributed by atoms with Gasteiger partial charge in [0.2, 0.25) is 5.78 Å². The van der Waals surface area contributed by atoms with Crippen molar-refractivity contribution in [2.45, 2.75) is 16.7 Å². The van der Waals surface area contributed by atoms with Gasteiger partial charge in [0.15, 0.2) is 11.6 Å². The van der Waals surface area contributed by atoms with Gasteiger partial charge in [-0.05, 0) is 31.2 Å². The summed E-state index contributed by atoms with van der Waals surface area (Å²) in [4.78, 5) is 28.2. The van der Waals surface area contributed by atoms with E-state index in [1.165, 1.54) is 31.1 Å². The van der Waals surface area contributed by atoms with Crippen LogP contribution in [0.2, 0.25) is 0 Å². The number of carbonyl (C=O) groups is 2. The zero-order valence-electron chi connectivity index (χ0n) is 16.2. The number of ether oxygens (including phenoxy) is 2. The quantitative estimate of drug-likeness (QED) is 0.217. The Bertz CT molecular complexity index is 881. The minimum atomic E-state index is -0.736. The number of methoxy groups -OCH3 is 1. The summed E-state index contributed by atoms with van der Waals surface area (Å²) in [6.07, 6.45) is 1.40. The van der Waals surface area contributed by atoms with E-state index in [4.69, 9.17) is 9.47 Å². The van der Waals surface area contributed by atoms with Gasteiger partial charge in [-0.1, -0.05) is 30.0 Å². The zero-order chi connectivity index (χ0) is 20.7. The van der Waals surface area contributed by atoms with Gasteiger partial charge in [0, 0.05) is 30.8 Å². The van der Waals surface area contributed by atoms with Crippen molar-refractivity contribution in [3.05, 3.63) is 65.6 Å². The van der Waals surface area contributed by atoms with E-state index in [1.54, 1.807) is 25.9 Å². The molecule has 0 heterocycles. The van der Waals surface area contributed by atoms with E-state index in [2.05, 4.69) is 0 Å². The summed E-state index contributed by atoms with van der Waals surface area (Å²) in [7, 11) is 4.72. The summed E-state index contributed by atoms with van der Waals surface area (Å²) < 4.78 is 24.6. The average Bonchev–Trinajstić information content (AvgIpc) is 2.67. The molecule has 0 saturated heterocycles. The fraction of sp³-hybridized carbons (Fsp3) is 0.238. The van der Waals surface area contributed by atoms with Gasteiger partial charge < -0.3 is 14.4 Å². The minimum absolute atomic E-state index is 0.0484. The number of Topliss-reactive ketones (excluding diaryl/α,β-unsaturated/α-hetero) is 1. The third kappa shape index (κ3) is 5.13. The molecule has 0 saturated carbocycles. The van der Waals surface area contributed by atoms with Gasteiger partial charge in [-0.25, -0.2) is 9.18 Å². The fourth-order valence-corrected chi connectivity index (χ4v) is 3.50. The molecule has 148 valence electrons. The van der Waals surface area contributed by atoms with Crippen LogP contribution < -0.4 is 4.74 Å². The second-order valence-corrected chi connectivity index (χ2v) is 7.01. The summed E-state index contributed by atoms with van der Waals surface area (Å²) >= 11 is 1.19. The fourth-order valence-electron chi connectivity index (χ4n) is 2.43. The van der Waals surface area contributed by atoms with E-state index >= 15 is 0 Å². The molecule has 5 nitrogen and oxygen atoms in total. The number of nitrogens with zero attached hydrogens (tertiary/aromatic N) is 1. The number of ketones is 1. The standard InChI is InChI=1S/C21H22FNO4S/c1-5-27-21(25)16(13-23(2)3)18(24)15-11-12-17(22)19(26-4)20(15)28-14-9-7-6-8-10-14/h6-13H,5H2,1-4H3/b16-13-. The monoisotopic (exact) mass is 403 g/mol. The Morgan fingerprint density at radius 1 is 1.14 bits per heavy atom. The van der Waals surface area contributed by atoms with Gasteiger partial charge in [-0.15, -0.1) is 0 Å². The second-order valence-electron chi connectivity index (χ2n) is 5.93. The Labute approximate surface area is 168 Å². The molecular formula is C21H22FNO4S. The molecule has 0 spiro atoms. The maximum atomic E-state index is 14.3. The highest BCUT2D eigenvalue weighted by Gasteiger charge is 2.27. The van der Waals surface area contributed by atoms with Crippen LogP contribution in [0.4, 0.5) is 4.39 Å². The number of hydrogen-bond donors (Lipinski definition) is 0. The second kappa shape index (κ2) is 9.94. The van der Waals surface area contributed by atoms with Crippen LogP contribution in [0.3, 0.4) is 0 Å². The normalized spacial score (nSPS) is 11.1. The van der Waals surface area contributed by atoms with E-state index in [0.29, 0.717) is 4.90 Å². The molecule has 0 N–H and O–H groups in total. The number of rotatable bonds is 8. The zero-order valence-corrected chi connectivity index (χ0v) is 17.0. The van der Waals surface area contributed by atoms with Crippen molar-refractivity contribution in [3.63, 3.8) is 0 Å². The maximum Gasteiger partial charge on any atom is 0.343 e. The molecular weight excluding hydrogens is 381 g/mol. The summed E-state index contributed by atoms with van der Waals surface area (Å²) in [6.45, 7) is 1.79. The predicted molar refractivity (Wildman–Crippen MR) is 106 cm³/mol. The van der Waals surface area contributed by atoms with Crippen LogP contribution in [0.1, 0.15) is 17.3 Å². The summed E-state index contributed by atoms with van der Waals surface area (Å²) in [5.74, 6) is -1.94. The molecule has 0 aliphatic rings. The van der Waals surface area contributed by atoms with Crippen molar-refractivity contribution in [3.8, 4) is 5.75 Å². The van der Waals surface area contributed by atoms with Crippen LogP contribution in [0.25, 0.3) is 0 Å². The van der Waals surface area contributed by atoms with Crippen LogP contribution in [0, 0.1) is 5.82 Å². The highest BCUT2D eigenvalue weighted by molar-refractivity contribution is 7.99. The Hall–Kier alpha value is -2.80. The Morgan fingerprint density at radius 2 is 1.82 bits per heavy atom. The number of benzene rings is 2. The first-order valence-corrected chi connectivity index (χ1v) is 9.40. The van der Waals surface area contributed by atoms with Crippen LogP contribution in [-0.2, 0) is 9.53 Å². The minimum Gasteiger partial charge on any atom is -0.492 e. The Morgan fingerprint density at radius 3 is 2.39 bits per heavy atom. The van der Waals surface area contributed by atoms with Crippen LogP contribution in [-0.4, -0.2) is 44.5 Å². The molecule has 2 rings (SSSR count). The lowest BCUT2D eigenvalue weighted by Crippen LogP contribution is -2.20. The first-order chi connectivity index (χ1) is 13.4. The molecule has 0 unspecified atom stereocenters. The molecule has 7 heteroatoms. The smallest absolute Gasteiger partial charge is 0.343 e. The van der Waals surface area contributed by atoms with Crippen LogP contribution in [0.15, 0.2) is 64.0 Å². The largest absolute Gasteiger partial charge is 0.492 e. The molecule has 28 heavy (non-hydrogen) atoms. The maximum absolute atomic E-state index is 14.3. The van der Waals surface area contributed by atoms with Crippen molar-refractivity contribution < 1.29 is 23.5 Å². The summed E-state index contributed by atoms with van der Waals surface area (Å²) in [6, 6.07) is 11.7. The molecule has 0 aliphatic heterocycles. The molecule has 2 aromatic carbocycles. The van der Waals surface area contributed by atoms with Crippen molar-refractivity contribution >= 4 is 23.5 Å². The van der Waals surface area contributed by atoms with Crippen molar-refractivity contribution in [1.29, 1.82) is 0 Å². The van der Waals surface area contributed by atoms with E-state index in [1.807, 2.05) is 30.3 Å². The van der Waals surface area contributed by atoms with Gasteiger partial charge in [-0.2, -0.15) is 0 Å². The highest BCUT2D eigenvalue weighted by atomic mass is 32.2. The SMILES string of the molecule is CCOC(=O)/C(=C\N(C)C)C(=O)c1ccc(F)c(OC)c1Sc1ccccc1. The third-order valence-corrected chi connectivity index (χ3v) is 4.72. The molecule has 0 aliphatic carbocycles. The van der Waals surface area contributed by atoms with E-state index in [9.17, 15) is 14.0 Å². The van der Waals surface area contributed by atoms with Gasteiger partial charge in [0.25, 0.3) is 0 Å². The highest BCUT2D eigenvalue weighted by Crippen LogP contribution is 2.40. The lowest BCUT2D eigenvalue weighted by molar-refractivity contribution is -0.138. The van der Waals surface area contributed by atoms with Crippen molar-refractivity contribution in [2.24, 2.45) is 0 Å². The van der Waals surface area contributed by atoms with E-state index in [-0.39, 0.29) is 23.5 Å². The topological polar surface area (TPSA) is 55.8 Å². The van der Waals surface area contributed by atoms with Gasteiger partial charge in [0.05, 0.1) is 18.6 Å². The molecule has 0 fully saturated rings. The predicted octanol–water partition coefficient (Wildman–Crippen LogP) is 4.18. The number of halogens is 1. The van der Waals surface area contributed by atoms with Crippen molar-refractivity contribution in [1.82, 2.24) is 4.90 Å². The lowest BCUT2D eigenvalue weighted by Gasteiger charge is -2.16. The summed E-state index contributed by atoms with van der Waals surface area (Å²) in [5, 5.41) is 0. The van der Waals surface area contributed by atoms with Crippen LogP contribution >= 0.6 is 11.8 Å². The average molecular weight is 403 g/mol. The van der Waals surface area contributed by atoms with E-state index < -0.39 is 17.6 Å². The molecule has 0 radical (unpaired) electrons. The van der Waals surface area contributed by atoms with Crippen molar-refractivity contribution in [2.75, 3.05) is 27.8 Å². The molecule has 0 amide bonds. The molecule has 0 aromatic heterocycles. The Kier molecular flexibility index (Phi) is 7.63. The number of esters is 1. The van der Waals surface area contributed by atoms with Gasteiger partial charge in [-0.3, -0.25) is 4.79 Å². The van der Waals surface area contributed by atoms with E-state index in [0.717, 1.165) is 11.0 Å². The van der Waals surface area contributed by atoms with Crippen LogP contribution in [0.5, 0.6) is 5.75 Å². The van der Waals surface area contributed by atoms with Gasteiger partial charge >= 0.3 is 5.97 Å². The molecule has 0 atom stereocenters. The molecule has 0 bridgehead atoms.